The first-order valence-corrected chi connectivity index (χ1v) is 3.56. The van der Waals surface area contributed by atoms with Gasteiger partial charge in [0.1, 0.15) is 0 Å². The number of fused-ring (bicyclic) bond motifs is 1. The summed E-state index contributed by atoms with van der Waals surface area (Å²) in [6.45, 7) is 0. The summed E-state index contributed by atoms with van der Waals surface area (Å²) in [7, 11) is 0. The number of halogens is 2. The van der Waals surface area contributed by atoms with E-state index >= 15 is 0 Å². The molecule has 2 rings (SSSR count). The smallest absolute Gasteiger partial charge is 0.182 e. The van der Waals surface area contributed by atoms with Crippen LogP contribution in [0, 0.1) is 0 Å². The van der Waals surface area contributed by atoms with Gasteiger partial charge in [-0.2, -0.15) is 9.61 Å². The molecule has 2 heterocycles. The number of rotatable bonds is 0. The third-order valence-electron chi connectivity index (χ3n) is 1.22. The third-order valence-corrected chi connectivity index (χ3v) is 1.75. The summed E-state index contributed by atoms with van der Waals surface area (Å²) in [5.41, 5.74) is 0.471. The van der Waals surface area contributed by atoms with E-state index < -0.39 is 0 Å². The Hall–Kier alpha value is -0.870. The Morgan fingerprint density at radius 1 is 1.27 bits per heavy atom. The van der Waals surface area contributed by atoms with Gasteiger partial charge in [0.2, 0.25) is 5.28 Å². The summed E-state index contributed by atoms with van der Waals surface area (Å²) >= 11 is 11.4. The Bertz CT molecular complexity index is 396. The highest BCUT2D eigenvalue weighted by Gasteiger charge is 2.05. The van der Waals surface area contributed by atoms with Crippen LogP contribution in [-0.2, 0) is 0 Å². The molecule has 0 aliphatic carbocycles. The zero-order valence-electron chi connectivity index (χ0n) is 5.20. The zero-order chi connectivity index (χ0) is 7.84. The van der Waals surface area contributed by atoms with Crippen LogP contribution in [0.3, 0.4) is 0 Å². The fourth-order valence-corrected chi connectivity index (χ4v) is 1.09. The fourth-order valence-electron chi connectivity index (χ4n) is 0.752. The fraction of sp³-hybridized carbons (Fsp3) is 0. The predicted octanol–water partition coefficient (Wildman–Crippen LogP) is 1.43. The molecule has 0 bridgehead atoms. The Morgan fingerprint density at radius 3 is 2.82 bits per heavy atom. The van der Waals surface area contributed by atoms with Gasteiger partial charge in [-0.05, 0) is 17.7 Å². The van der Waals surface area contributed by atoms with Crippen molar-refractivity contribution in [1.82, 2.24) is 19.8 Å². The van der Waals surface area contributed by atoms with E-state index in [9.17, 15) is 0 Å². The Balaban J connectivity index is 2.94. The molecule has 0 aliphatic rings. The lowest BCUT2D eigenvalue weighted by molar-refractivity contribution is 0.927. The number of hydrogen-bond donors (Lipinski definition) is 0. The lowest BCUT2D eigenvalue weighted by Gasteiger charge is -1.90. The van der Waals surface area contributed by atoms with Gasteiger partial charge in [-0.25, -0.2) is 0 Å². The summed E-state index contributed by atoms with van der Waals surface area (Å²) in [4.78, 5) is 0. The van der Waals surface area contributed by atoms with Crippen LogP contribution in [0.1, 0.15) is 0 Å². The molecule has 0 atom stereocenters. The quantitative estimate of drug-likeness (QED) is 0.629. The largest absolute Gasteiger partial charge is 0.246 e. The van der Waals surface area contributed by atoms with Gasteiger partial charge >= 0.3 is 0 Å². The first kappa shape index (κ1) is 6.82. The maximum absolute atomic E-state index is 5.75. The number of hydrogen-bond acceptors (Lipinski definition) is 3. The molecule has 0 unspecified atom stereocenters. The van der Waals surface area contributed by atoms with Crippen molar-refractivity contribution in [2.75, 3.05) is 0 Å². The van der Waals surface area contributed by atoms with Gasteiger partial charge in [0, 0.05) is 6.20 Å². The Labute approximate surface area is 71.8 Å². The highest BCUT2D eigenvalue weighted by molar-refractivity contribution is 6.34. The summed E-state index contributed by atoms with van der Waals surface area (Å²) in [6, 6.07) is 1.63. The van der Waals surface area contributed by atoms with Crippen LogP contribution in [0.4, 0.5) is 0 Å². The molecule has 6 heteroatoms. The standard InChI is InChI=1S/C5H2Cl2N4/c6-3-1-2-8-11-4(3)9-10-5(11)7/h1-2H. The average Bonchev–Trinajstić information content (AvgIpc) is 2.35. The molecule has 56 valence electrons. The normalized spacial score (nSPS) is 10.7. The second-order valence-corrected chi connectivity index (χ2v) is 2.63. The van der Waals surface area contributed by atoms with Gasteiger partial charge in [-0.3, -0.25) is 0 Å². The molecule has 2 aromatic rings. The molecule has 0 N–H and O–H groups in total. The minimum absolute atomic E-state index is 0.211. The topological polar surface area (TPSA) is 43.1 Å². The van der Waals surface area contributed by atoms with E-state index in [1.54, 1.807) is 6.07 Å². The van der Waals surface area contributed by atoms with Crippen LogP contribution >= 0.6 is 23.2 Å². The highest BCUT2D eigenvalue weighted by atomic mass is 35.5. The summed E-state index contributed by atoms with van der Waals surface area (Å²) in [5.74, 6) is 0. The van der Waals surface area contributed by atoms with Crippen molar-refractivity contribution in [3.63, 3.8) is 0 Å². The zero-order valence-corrected chi connectivity index (χ0v) is 6.71. The molecular weight excluding hydrogens is 187 g/mol. The van der Waals surface area contributed by atoms with Crippen LogP contribution in [0.2, 0.25) is 10.3 Å². The van der Waals surface area contributed by atoms with Crippen molar-refractivity contribution in [1.29, 1.82) is 0 Å². The number of nitrogens with zero attached hydrogens (tertiary/aromatic N) is 4. The molecular formula is C5H2Cl2N4. The van der Waals surface area contributed by atoms with Gasteiger partial charge < -0.3 is 0 Å². The minimum Gasteiger partial charge on any atom is -0.182 e. The molecule has 0 saturated carbocycles. The van der Waals surface area contributed by atoms with E-state index in [4.69, 9.17) is 23.2 Å². The average molecular weight is 189 g/mol. The summed E-state index contributed by atoms with van der Waals surface area (Å²) < 4.78 is 1.36. The second-order valence-electron chi connectivity index (χ2n) is 1.88. The van der Waals surface area contributed by atoms with E-state index in [1.165, 1.54) is 10.7 Å². The van der Waals surface area contributed by atoms with Crippen molar-refractivity contribution in [2.45, 2.75) is 0 Å². The van der Waals surface area contributed by atoms with Crippen LogP contribution in [-0.4, -0.2) is 19.8 Å². The van der Waals surface area contributed by atoms with E-state index in [1.807, 2.05) is 0 Å². The van der Waals surface area contributed by atoms with E-state index in [0.717, 1.165) is 0 Å². The monoisotopic (exact) mass is 188 g/mol. The van der Waals surface area contributed by atoms with Gasteiger partial charge in [-0.1, -0.05) is 11.6 Å². The first-order chi connectivity index (χ1) is 5.29. The van der Waals surface area contributed by atoms with Crippen molar-refractivity contribution in [3.05, 3.63) is 22.6 Å². The van der Waals surface area contributed by atoms with Crippen LogP contribution in [0.5, 0.6) is 0 Å². The summed E-state index contributed by atoms with van der Waals surface area (Å²) in [5, 5.41) is 11.9. The molecule has 0 aromatic carbocycles. The Kier molecular flexibility index (Phi) is 1.44. The molecule has 0 amide bonds. The molecule has 11 heavy (non-hydrogen) atoms. The van der Waals surface area contributed by atoms with Gasteiger partial charge in [0.15, 0.2) is 5.65 Å². The van der Waals surface area contributed by atoms with Crippen LogP contribution in [0.25, 0.3) is 5.65 Å². The lowest BCUT2D eigenvalue weighted by Crippen LogP contribution is -1.89. The number of aromatic nitrogens is 4. The van der Waals surface area contributed by atoms with Crippen molar-refractivity contribution < 1.29 is 0 Å². The first-order valence-electron chi connectivity index (χ1n) is 2.80. The molecule has 0 radical (unpaired) electrons. The van der Waals surface area contributed by atoms with Crippen LogP contribution < -0.4 is 0 Å². The van der Waals surface area contributed by atoms with E-state index in [-0.39, 0.29) is 5.28 Å². The van der Waals surface area contributed by atoms with Crippen molar-refractivity contribution >= 4 is 28.8 Å². The predicted molar refractivity (Wildman–Crippen MR) is 40.8 cm³/mol. The maximum atomic E-state index is 5.75. The molecule has 4 nitrogen and oxygen atoms in total. The van der Waals surface area contributed by atoms with Crippen molar-refractivity contribution in [2.24, 2.45) is 0 Å². The van der Waals surface area contributed by atoms with Crippen LogP contribution in [0.15, 0.2) is 12.3 Å². The summed E-state index contributed by atoms with van der Waals surface area (Å²) in [6.07, 6.45) is 1.53. The molecule has 0 aliphatic heterocycles. The Morgan fingerprint density at radius 2 is 2.09 bits per heavy atom. The molecule has 2 aromatic heterocycles. The van der Waals surface area contributed by atoms with Gasteiger partial charge in [0.05, 0.1) is 5.02 Å². The van der Waals surface area contributed by atoms with E-state index in [2.05, 4.69) is 15.3 Å². The minimum atomic E-state index is 0.211. The van der Waals surface area contributed by atoms with Gasteiger partial charge in [-0.15, -0.1) is 10.2 Å². The molecule has 0 saturated heterocycles. The van der Waals surface area contributed by atoms with E-state index in [0.29, 0.717) is 10.7 Å². The third kappa shape index (κ3) is 0.948. The highest BCUT2D eigenvalue weighted by Crippen LogP contribution is 2.15. The lowest BCUT2D eigenvalue weighted by atomic mass is 10.6. The van der Waals surface area contributed by atoms with Crippen molar-refractivity contribution in [3.8, 4) is 0 Å². The molecule has 0 spiro atoms. The van der Waals surface area contributed by atoms with Gasteiger partial charge in [0.25, 0.3) is 0 Å². The molecule has 0 fully saturated rings. The SMILES string of the molecule is Clc1ccnn2c(Cl)nnc12. The second kappa shape index (κ2) is 2.32. The maximum Gasteiger partial charge on any atom is 0.246 e.